The molecule has 0 saturated heterocycles. The molecule has 0 spiro atoms. The van der Waals surface area contributed by atoms with Crippen LogP contribution in [0.1, 0.15) is 0 Å². The topological polar surface area (TPSA) is 141 Å². The third kappa shape index (κ3) is 1860. The van der Waals surface area contributed by atoms with Crippen LogP contribution < -0.4 is 6.15 Å². The molecule has 0 atom stereocenters. The van der Waals surface area contributed by atoms with E-state index in [-0.39, 0.29) is 28.7 Å². The fraction of sp³-hybridized carbons (Fsp3) is 0. The molecule has 56 valence electrons. The molecule has 0 aromatic carbocycles. The van der Waals surface area contributed by atoms with Crippen LogP contribution in [0.25, 0.3) is 0 Å². The Balaban J connectivity index is -0.0000000267. The summed E-state index contributed by atoms with van der Waals surface area (Å²) in [5.74, 6) is 0. The SMILES string of the molecule is N.O.O=S(=O)(O)O.[Fe]. The van der Waals surface area contributed by atoms with E-state index in [0.29, 0.717) is 0 Å². The third-order valence-corrected chi connectivity index (χ3v) is 0. The van der Waals surface area contributed by atoms with Crippen molar-refractivity contribution in [3.05, 3.63) is 0 Å². The van der Waals surface area contributed by atoms with Crippen LogP contribution >= 0.6 is 0 Å². The first-order valence-corrected chi connectivity index (χ1v) is 2.10. The third-order valence-electron chi connectivity index (χ3n) is 0. The molecule has 0 bridgehead atoms. The van der Waals surface area contributed by atoms with Gasteiger partial charge in [-0.25, -0.2) is 0 Å². The molecule has 0 aliphatic rings. The van der Waals surface area contributed by atoms with E-state index in [0.717, 1.165) is 0 Å². The minimum atomic E-state index is -4.67. The van der Waals surface area contributed by atoms with Crippen molar-refractivity contribution in [3.63, 3.8) is 0 Å². The van der Waals surface area contributed by atoms with E-state index < -0.39 is 10.4 Å². The number of rotatable bonds is 0. The van der Waals surface area contributed by atoms with Crippen LogP contribution in [0.15, 0.2) is 0 Å². The van der Waals surface area contributed by atoms with Gasteiger partial charge in [0.2, 0.25) is 0 Å². The molecule has 6 nitrogen and oxygen atoms in total. The predicted octanol–water partition coefficient (Wildman–Crippen LogP) is -1.32. The van der Waals surface area contributed by atoms with Gasteiger partial charge in [0.25, 0.3) is 0 Å². The quantitative estimate of drug-likeness (QED) is 0.320. The zero-order valence-corrected chi connectivity index (χ0v) is 5.60. The van der Waals surface area contributed by atoms with Crippen molar-refractivity contribution in [1.82, 2.24) is 6.15 Å². The summed E-state index contributed by atoms with van der Waals surface area (Å²) < 4.78 is 31.6. The van der Waals surface area contributed by atoms with Crippen molar-refractivity contribution in [2.75, 3.05) is 0 Å². The smallest absolute Gasteiger partial charge is 0.394 e. The molecule has 8 heteroatoms. The van der Waals surface area contributed by atoms with Crippen molar-refractivity contribution < 1.29 is 40.1 Å². The number of hydrogen-bond donors (Lipinski definition) is 3. The van der Waals surface area contributed by atoms with Crippen molar-refractivity contribution in [2.24, 2.45) is 0 Å². The molecule has 0 saturated carbocycles. The normalized spacial score (nSPS) is 7.25. The second kappa shape index (κ2) is 7.31. The Morgan fingerprint density at radius 3 is 1.12 bits per heavy atom. The first-order valence-electron chi connectivity index (χ1n) is 0.698. The van der Waals surface area contributed by atoms with Crippen LogP contribution in [0.3, 0.4) is 0 Å². The van der Waals surface area contributed by atoms with Crippen molar-refractivity contribution in [2.45, 2.75) is 0 Å². The Morgan fingerprint density at radius 2 is 1.12 bits per heavy atom. The summed E-state index contributed by atoms with van der Waals surface area (Å²) in [4.78, 5) is 0. The summed E-state index contributed by atoms with van der Waals surface area (Å²) in [7, 11) is -4.67. The largest absolute Gasteiger partial charge is 0.412 e. The second-order valence-electron chi connectivity index (χ2n) is 0.448. The monoisotopic (exact) mass is 189 g/mol. The van der Waals surface area contributed by atoms with Gasteiger partial charge in [0.1, 0.15) is 0 Å². The maximum atomic E-state index is 8.74. The molecule has 0 aliphatic carbocycles. The molecule has 0 radical (unpaired) electrons. The zero-order valence-electron chi connectivity index (χ0n) is 3.68. The maximum Gasteiger partial charge on any atom is 0.394 e. The zero-order chi connectivity index (χ0) is 4.50. The van der Waals surface area contributed by atoms with Gasteiger partial charge in [-0.1, -0.05) is 0 Å². The van der Waals surface area contributed by atoms with Crippen LogP contribution in [0.4, 0.5) is 0 Å². The van der Waals surface area contributed by atoms with Gasteiger partial charge in [0.15, 0.2) is 0 Å². The summed E-state index contributed by atoms with van der Waals surface area (Å²) >= 11 is 0. The molecule has 0 amide bonds. The van der Waals surface area contributed by atoms with E-state index in [1.54, 1.807) is 0 Å². The standard InChI is InChI=1S/Fe.H3N.H2O4S.H2O/c;;1-5(2,3)4;/h;1H3;(H2,1,2,3,4);1H2. The minimum Gasteiger partial charge on any atom is -0.412 e. The van der Waals surface area contributed by atoms with Gasteiger partial charge in [-0.05, 0) is 0 Å². The van der Waals surface area contributed by atoms with Crippen LogP contribution in [0, 0.1) is 0 Å². The van der Waals surface area contributed by atoms with E-state index in [1.807, 2.05) is 0 Å². The summed E-state index contributed by atoms with van der Waals surface area (Å²) in [6, 6.07) is 0. The van der Waals surface area contributed by atoms with Crippen LogP contribution in [-0.2, 0) is 27.5 Å². The second-order valence-corrected chi connectivity index (χ2v) is 1.34. The van der Waals surface area contributed by atoms with E-state index >= 15 is 0 Å². The van der Waals surface area contributed by atoms with Crippen LogP contribution in [0.5, 0.6) is 0 Å². The fourth-order valence-corrected chi connectivity index (χ4v) is 0. The van der Waals surface area contributed by atoms with E-state index in [2.05, 4.69) is 0 Å². The molecule has 0 aromatic heterocycles. The number of hydrogen-bond acceptors (Lipinski definition) is 3. The molecular weight excluding hydrogens is 182 g/mol. The Morgan fingerprint density at radius 1 is 1.12 bits per heavy atom. The van der Waals surface area contributed by atoms with Gasteiger partial charge in [-0.3, -0.25) is 9.11 Å². The first-order chi connectivity index (χ1) is 2.00. The average Bonchev–Trinajstić information content (AvgIpc) is 0.722. The summed E-state index contributed by atoms with van der Waals surface area (Å²) in [5.41, 5.74) is 0. The summed E-state index contributed by atoms with van der Waals surface area (Å²) in [6.45, 7) is 0. The predicted molar refractivity (Wildman–Crippen MR) is 22.8 cm³/mol. The van der Waals surface area contributed by atoms with Gasteiger partial charge in [-0.2, -0.15) is 8.42 Å². The molecular formula is H7FeNO5S. The van der Waals surface area contributed by atoms with Gasteiger partial charge in [-0.15, -0.1) is 0 Å². The van der Waals surface area contributed by atoms with Crippen LogP contribution in [-0.4, -0.2) is 23.0 Å². The Bertz CT molecular complexity index is 95.6. The maximum absolute atomic E-state index is 8.74. The van der Waals surface area contributed by atoms with E-state index in [1.165, 1.54) is 0 Å². The molecule has 0 rings (SSSR count). The minimum absolute atomic E-state index is 0. The van der Waals surface area contributed by atoms with Crippen molar-refractivity contribution in [3.8, 4) is 0 Å². The Hall–Kier alpha value is 0.309. The van der Waals surface area contributed by atoms with Gasteiger partial charge < -0.3 is 11.6 Å². The molecule has 7 N–H and O–H groups in total. The van der Waals surface area contributed by atoms with Gasteiger partial charge >= 0.3 is 10.4 Å². The van der Waals surface area contributed by atoms with Crippen LogP contribution in [0.2, 0.25) is 0 Å². The first kappa shape index (κ1) is 23.9. The molecule has 0 unspecified atom stereocenters. The summed E-state index contributed by atoms with van der Waals surface area (Å²) in [5, 5.41) is 0. The van der Waals surface area contributed by atoms with Crippen molar-refractivity contribution in [1.29, 1.82) is 0 Å². The van der Waals surface area contributed by atoms with E-state index in [9.17, 15) is 0 Å². The Labute approximate surface area is 57.2 Å². The molecule has 0 fully saturated rings. The average molecular weight is 189 g/mol. The van der Waals surface area contributed by atoms with Gasteiger partial charge in [0, 0.05) is 17.1 Å². The van der Waals surface area contributed by atoms with Crippen molar-refractivity contribution >= 4 is 10.4 Å². The Kier molecular flexibility index (Phi) is 21.8. The molecule has 0 aromatic rings. The molecule has 0 heterocycles. The van der Waals surface area contributed by atoms with E-state index in [4.69, 9.17) is 17.5 Å². The molecule has 0 aliphatic heterocycles. The fourth-order valence-electron chi connectivity index (χ4n) is 0. The summed E-state index contributed by atoms with van der Waals surface area (Å²) in [6.07, 6.45) is 0. The molecule has 8 heavy (non-hydrogen) atoms. The van der Waals surface area contributed by atoms with Gasteiger partial charge in [0.05, 0.1) is 0 Å².